The molecule has 0 bridgehead atoms. The fourth-order valence-corrected chi connectivity index (χ4v) is 11.2. The van der Waals surface area contributed by atoms with E-state index in [2.05, 4.69) is 135 Å². The number of likely N-dealkylation sites (N-methyl/N-ethyl adjacent to an activating group) is 1. The maximum absolute atomic E-state index is 17.3. The summed E-state index contributed by atoms with van der Waals surface area (Å²) >= 11 is 1.57. The number of nitrogens with zero attached hydrogens (tertiary/aromatic N) is 6. The highest BCUT2D eigenvalue weighted by molar-refractivity contribution is 7.99. The molecule has 352 valence electrons. The molecule has 1 aliphatic carbocycles. The molecule has 6 aromatic carbocycles. The van der Waals surface area contributed by atoms with Gasteiger partial charge in [0.2, 0.25) is 0 Å². The Morgan fingerprint density at radius 2 is 1.45 bits per heavy atom. The Kier molecular flexibility index (Phi) is 12.2. The SMILES string of the molecule is CCSc1nc(N(C)[C@H]2CCN(C(=O)O)C2)c2c(O[C@@H](C)c3ccccc3)c(C3CC3)c(-c3c(C)c(F)cc4nn(C(c5ccccc5)(c5ccccc5)c5ccccc5)cc34)c(C(C)(C)C)c2n1. The van der Waals surface area contributed by atoms with Crippen molar-refractivity contribution in [3.63, 3.8) is 0 Å². The van der Waals surface area contributed by atoms with Gasteiger partial charge in [-0.15, -0.1) is 0 Å². The maximum atomic E-state index is 17.3. The van der Waals surface area contributed by atoms with Gasteiger partial charge in [0.1, 0.15) is 29.0 Å². The van der Waals surface area contributed by atoms with Crippen LogP contribution in [0.25, 0.3) is 32.9 Å². The van der Waals surface area contributed by atoms with Gasteiger partial charge in [-0.1, -0.05) is 161 Å². The second-order valence-corrected chi connectivity index (χ2v) is 20.9. The van der Waals surface area contributed by atoms with Gasteiger partial charge in [0.05, 0.1) is 16.4 Å². The topological polar surface area (TPSA) is 96.6 Å². The Morgan fingerprint density at radius 1 is 0.870 bits per heavy atom. The number of fused-ring (bicyclic) bond motifs is 2. The highest BCUT2D eigenvalue weighted by atomic mass is 32.2. The number of thioether (sulfide) groups is 1. The summed E-state index contributed by atoms with van der Waals surface area (Å²) in [4.78, 5) is 26.8. The number of carboxylic acid groups (broad SMARTS) is 1. The number of ether oxygens (including phenoxy) is 1. The lowest BCUT2D eigenvalue weighted by molar-refractivity contribution is 0.155. The molecule has 2 aliphatic rings. The molecule has 1 aliphatic heterocycles. The number of carbonyl (C=O) groups is 1. The van der Waals surface area contributed by atoms with Gasteiger partial charge in [0.15, 0.2) is 5.16 Å². The molecule has 2 aromatic heterocycles. The summed E-state index contributed by atoms with van der Waals surface area (Å²) < 4.78 is 26.8. The van der Waals surface area contributed by atoms with Gasteiger partial charge in [-0.2, -0.15) is 5.10 Å². The van der Waals surface area contributed by atoms with Gasteiger partial charge in [-0.3, -0.25) is 4.68 Å². The quantitative estimate of drug-likeness (QED) is 0.0694. The highest BCUT2D eigenvalue weighted by Gasteiger charge is 2.43. The third-order valence-electron chi connectivity index (χ3n) is 14.2. The lowest BCUT2D eigenvalue weighted by Crippen LogP contribution is -2.38. The van der Waals surface area contributed by atoms with E-state index in [9.17, 15) is 9.90 Å². The van der Waals surface area contributed by atoms with Crippen LogP contribution >= 0.6 is 11.8 Å². The fraction of sp³-hybridized carbons (Fsp3) is 0.310. The summed E-state index contributed by atoms with van der Waals surface area (Å²) in [5.41, 5.74) is 8.10. The van der Waals surface area contributed by atoms with Gasteiger partial charge in [-0.25, -0.2) is 19.2 Å². The molecule has 8 aromatic rings. The third-order valence-corrected chi connectivity index (χ3v) is 14.9. The van der Waals surface area contributed by atoms with E-state index in [1.807, 2.05) is 50.4 Å². The first-order valence-corrected chi connectivity index (χ1v) is 25.1. The third kappa shape index (κ3) is 8.18. The molecule has 2 fully saturated rings. The molecule has 2 atom stereocenters. The van der Waals surface area contributed by atoms with Crippen LogP contribution in [-0.2, 0) is 11.0 Å². The molecule has 10 rings (SSSR count). The molecule has 0 radical (unpaired) electrons. The second-order valence-electron chi connectivity index (χ2n) is 19.6. The van der Waals surface area contributed by atoms with Crippen molar-refractivity contribution < 1.29 is 19.0 Å². The van der Waals surface area contributed by atoms with E-state index < -0.39 is 17.0 Å². The second kappa shape index (κ2) is 18.3. The number of rotatable bonds is 13. The predicted octanol–water partition coefficient (Wildman–Crippen LogP) is 13.5. The molecule has 9 nitrogen and oxygen atoms in total. The zero-order valence-electron chi connectivity index (χ0n) is 40.4. The van der Waals surface area contributed by atoms with E-state index in [4.69, 9.17) is 19.8 Å². The van der Waals surface area contributed by atoms with Crippen LogP contribution < -0.4 is 9.64 Å². The molecular weight excluding hydrogens is 880 g/mol. The van der Waals surface area contributed by atoms with E-state index in [0.717, 1.165) is 79.4 Å². The number of amides is 1. The van der Waals surface area contributed by atoms with E-state index in [0.29, 0.717) is 47.3 Å². The zero-order valence-corrected chi connectivity index (χ0v) is 41.2. The van der Waals surface area contributed by atoms with E-state index in [-0.39, 0.29) is 23.9 Å². The van der Waals surface area contributed by atoms with Crippen LogP contribution in [0.4, 0.5) is 15.0 Å². The zero-order chi connectivity index (χ0) is 48.2. The lowest BCUT2D eigenvalue weighted by atomic mass is 9.75. The normalized spacial score (nSPS) is 15.8. The van der Waals surface area contributed by atoms with Crippen molar-refractivity contribution in [3.05, 3.63) is 178 Å². The van der Waals surface area contributed by atoms with Crippen LogP contribution in [0, 0.1) is 12.7 Å². The Balaban J connectivity index is 1.35. The Bertz CT molecular complexity index is 3080. The number of likely N-dealkylation sites (tertiary alicyclic amines) is 1. The van der Waals surface area contributed by atoms with E-state index in [1.54, 1.807) is 17.8 Å². The lowest BCUT2D eigenvalue weighted by Gasteiger charge is -2.36. The molecule has 69 heavy (non-hydrogen) atoms. The minimum atomic E-state index is -0.936. The standard InChI is InChI=1S/C58H59FN6O3S/c1-8-69-55-60-52-50(54(61-55)63(7)43-31-32-64(34-43)56(66)67)53(68-37(3)38-21-13-9-14-22-38)48(39-29-30-39)49(51(52)57(4,5)6)47-36(2)45(59)33-46-44(47)35-65(62-46)58(40-23-15-10-16-24-40,41-25-17-11-18-26-41)42-27-19-12-20-28-42/h9-28,33,35,37,39,43H,8,29-32,34H2,1-7H3,(H,66,67)/t37-,43-/m0/s1. The van der Waals surface area contributed by atoms with Gasteiger partial charge in [0, 0.05) is 49.4 Å². The number of hydrogen-bond donors (Lipinski definition) is 1. The van der Waals surface area contributed by atoms with Crippen LogP contribution in [0.1, 0.15) is 105 Å². The average Bonchev–Trinajstić information content (AvgIpc) is 3.90. The largest absolute Gasteiger partial charge is 0.485 e. The highest BCUT2D eigenvalue weighted by Crippen LogP contribution is 2.58. The summed E-state index contributed by atoms with van der Waals surface area (Å²) in [6.07, 6.45) is 3.35. The average molecular weight is 939 g/mol. The van der Waals surface area contributed by atoms with E-state index >= 15 is 4.39 Å². The number of hydrogen-bond acceptors (Lipinski definition) is 7. The van der Waals surface area contributed by atoms with Gasteiger partial charge < -0.3 is 19.6 Å². The van der Waals surface area contributed by atoms with Crippen molar-refractivity contribution in [3.8, 4) is 16.9 Å². The Labute approximate surface area is 408 Å². The molecule has 1 N–H and O–H groups in total. The first kappa shape index (κ1) is 46.0. The van der Waals surface area contributed by atoms with Crippen LogP contribution in [0.5, 0.6) is 5.75 Å². The summed E-state index contributed by atoms with van der Waals surface area (Å²) in [5, 5.41) is 17.7. The smallest absolute Gasteiger partial charge is 0.407 e. The molecule has 3 heterocycles. The molecule has 0 spiro atoms. The van der Waals surface area contributed by atoms with Crippen molar-refractivity contribution in [2.45, 2.75) is 95.0 Å². The van der Waals surface area contributed by atoms with Crippen molar-refractivity contribution in [1.29, 1.82) is 0 Å². The fourth-order valence-electron chi connectivity index (χ4n) is 10.7. The molecule has 1 amide bonds. The van der Waals surface area contributed by atoms with Gasteiger partial charge in [0.25, 0.3) is 0 Å². The predicted molar refractivity (Wildman–Crippen MR) is 277 cm³/mol. The molecular formula is C58H59FN6O3S. The van der Waals surface area contributed by atoms with Crippen molar-refractivity contribution in [2.24, 2.45) is 0 Å². The Morgan fingerprint density at radius 3 is 1.97 bits per heavy atom. The maximum Gasteiger partial charge on any atom is 0.407 e. The summed E-state index contributed by atoms with van der Waals surface area (Å²) in [5.74, 6) is 1.89. The number of benzene rings is 6. The van der Waals surface area contributed by atoms with Crippen LogP contribution in [0.15, 0.2) is 139 Å². The van der Waals surface area contributed by atoms with Crippen molar-refractivity contribution >= 4 is 45.5 Å². The first-order chi connectivity index (χ1) is 33.3. The Hall–Kier alpha value is -6.72. The summed E-state index contributed by atoms with van der Waals surface area (Å²) in [6.45, 7) is 13.5. The number of anilines is 1. The van der Waals surface area contributed by atoms with Crippen molar-refractivity contribution in [1.82, 2.24) is 24.6 Å². The molecule has 0 unspecified atom stereocenters. The van der Waals surface area contributed by atoms with Gasteiger partial charge in [-0.05, 0) is 94.7 Å². The molecule has 11 heteroatoms. The molecule has 1 saturated carbocycles. The first-order valence-electron chi connectivity index (χ1n) is 24.1. The van der Waals surface area contributed by atoms with Gasteiger partial charge >= 0.3 is 6.09 Å². The van der Waals surface area contributed by atoms with Crippen LogP contribution in [-0.4, -0.2) is 67.8 Å². The summed E-state index contributed by atoms with van der Waals surface area (Å²) in [6, 6.07) is 43.0. The minimum absolute atomic E-state index is 0.102. The minimum Gasteiger partial charge on any atom is -0.485 e. The summed E-state index contributed by atoms with van der Waals surface area (Å²) in [7, 11) is 2.02. The monoisotopic (exact) mass is 938 g/mol. The van der Waals surface area contributed by atoms with E-state index in [1.165, 1.54) is 4.90 Å². The molecule has 1 saturated heterocycles. The number of halogens is 1. The van der Waals surface area contributed by atoms with Crippen LogP contribution in [0.3, 0.4) is 0 Å². The van der Waals surface area contributed by atoms with Crippen molar-refractivity contribution in [2.75, 3.05) is 30.8 Å². The number of aromatic nitrogens is 4. The van der Waals surface area contributed by atoms with Crippen LogP contribution in [0.2, 0.25) is 0 Å².